The maximum absolute atomic E-state index is 5.05. The number of benzene rings is 6. The van der Waals surface area contributed by atoms with E-state index in [-0.39, 0.29) is 0 Å². The highest BCUT2D eigenvalue weighted by atomic mass is 15.0. The van der Waals surface area contributed by atoms with Gasteiger partial charge in [0.1, 0.15) is 5.65 Å². The van der Waals surface area contributed by atoms with E-state index >= 15 is 0 Å². The van der Waals surface area contributed by atoms with E-state index in [2.05, 4.69) is 162 Å². The number of fused-ring (bicyclic) bond motifs is 4. The SMILES string of the molecule is C1=C(c2cn3ccc(-c4ccccc4)cc3n2)CCC(c2c3ccccc3c(-c3ccc4ccccc4c3)c3ccccc23)=C1. The van der Waals surface area contributed by atoms with Crippen molar-refractivity contribution in [2.45, 2.75) is 12.8 Å². The molecule has 2 nitrogen and oxygen atoms in total. The van der Waals surface area contributed by atoms with E-state index in [1.165, 1.54) is 71.3 Å². The minimum atomic E-state index is 0.955. The Hall–Kier alpha value is -5.73. The molecule has 0 spiro atoms. The molecule has 0 bridgehead atoms. The summed E-state index contributed by atoms with van der Waals surface area (Å²) in [6.45, 7) is 0. The summed E-state index contributed by atoms with van der Waals surface area (Å²) in [6, 6.07) is 48.2. The lowest BCUT2D eigenvalue weighted by Gasteiger charge is -2.21. The van der Waals surface area contributed by atoms with Gasteiger partial charge in [0, 0.05) is 12.4 Å². The fourth-order valence-electron chi connectivity index (χ4n) is 7.14. The summed E-state index contributed by atoms with van der Waals surface area (Å²) in [4.78, 5) is 5.05. The summed E-state index contributed by atoms with van der Waals surface area (Å²) in [6.07, 6.45) is 10.8. The molecule has 0 saturated carbocycles. The summed E-state index contributed by atoms with van der Waals surface area (Å²) < 4.78 is 2.13. The molecule has 2 heterocycles. The topological polar surface area (TPSA) is 17.3 Å². The number of hydrogen-bond donors (Lipinski definition) is 0. The second kappa shape index (κ2) is 10.5. The molecule has 9 rings (SSSR count). The van der Waals surface area contributed by atoms with Crippen molar-refractivity contribution in [3.8, 4) is 22.3 Å². The minimum absolute atomic E-state index is 0.955. The molecule has 0 saturated heterocycles. The molecular weight excluding hydrogens is 544 g/mol. The van der Waals surface area contributed by atoms with Gasteiger partial charge < -0.3 is 4.40 Å². The van der Waals surface area contributed by atoms with Crippen LogP contribution in [0.2, 0.25) is 0 Å². The summed E-state index contributed by atoms with van der Waals surface area (Å²) in [5, 5.41) is 7.75. The summed E-state index contributed by atoms with van der Waals surface area (Å²) in [5.41, 5.74) is 11.0. The highest BCUT2D eigenvalue weighted by Gasteiger charge is 2.20. The van der Waals surface area contributed by atoms with Crippen LogP contribution in [0.5, 0.6) is 0 Å². The number of nitrogens with zero attached hydrogens (tertiary/aromatic N) is 2. The first-order chi connectivity index (χ1) is 22.3. The molecule has 0 amide bonds. The highest BCUT2D eigenvalue weighted by molar-refractivity contribution is 6.19. The Kier molecular flexibility index (Phi) is 5.99. The number of pyridine rings is 1. The van der Waals surface area contributed by atoms with E-state index in [1.807, 2.05) is 0 Å². The third-order valence-electron chi connectivity index (χ3n) is 9.34. The van der Waals surface area contributed by atoms with Crippen molar-refractivity contribution >= 4 is 49.1 Å². The van der Waals surface area contributed by atoms with Crippen molar-refractivity contribution in [1.82, 2.24) is 9.38 Å². The van der Waals surface area contributed by atoms with Gasteiger partial charge in [0.2, 0.25) is 0 Å². The fraction of sp³-hybridized carbons (Fsp3) is 0.0465. The fourth-order valence-corrected chi connectivity index (χ4v) is 7.14. The molecular formula is C43H30N2. The molecule has 1 aliphatic rings. The number of imidazole rings is 1. The molecule has 0 aliphatic heterocycles. The first kappa shape index (κ1) is 25.7. The van der Waals surface area contributed by atoms with Crippen molar-refractivity contribution in [2.24, 2.45) is 0 Å². The van der Waals surface area contributed by atoms with Gasteiger partial charge in [-0.05, 0) is 102 Å². The smallest absolute Gasteiger partial charge is 0.138 e. The van der Waals surface area contributed by atoms with Crippen LogP contribution in [0.15, 0.2) is 158 Å². The van der Waals surface area contributed by atoms with Gasteiger partial charge in [-0.25, -0.2) is 4.98 Å². The highest BCUT2D eigenvalue weighted by Crippen LogP contribution is 2.44. The molecule has 0 unspecified atom stereocenters. The third-order valence-corrected chi connectivity index (χ3v) is 9.34. The molecule has 45 heavy (non-hydrogen) atoms. The Morgan fingerprint density at radius 3 is 1.80 bits per heavy atom. The summed E-state index contributed by atoms with van der Waals surface area (Å²) in [7, 11) is 0. The maximum Gasteiger partial charge on any atom is 0.138 e. The van der Waals surface area contributed by atoms with Crippen LogP contribution in [-0.4, -0.2) is 9.38 Å². The lowest BCUT2D eigenvalue weighted by molar-refractivity contribution is 1.06. The number of rotatable bonds is 4. The largest absolute Gasteiger partial charge is 0.306 e. The Labute approximate surface area is 262 Å². The van der Waals surface area contributed by atoms with E-state index in [0.29, 0.717) is 0 Å². The van der Waals surface area contributed by atoms with Crippen molar-refractivity contribution in [2.75, 3.05) is 0 Å². The molecule has 0 fully saturated rings. The van der Waals surface area contributed by atoms with Gasteiger partial charge in [-0.2, -0.15) is 0 Å². The maximum atomic E-state index is 5.05. The van der Waals surface area contributed by atoms with Gasteiger partial charge in [0.25, 0.3) is 0 Å². The van der Waals surface area contributed by atoms with E-state index < -0.39 is 0 Å². The van der Waals surface area contributed by atoms with E-state index in [0.717, 1.165) is 24.2 Å². The lowest BCUT2D eigenvalue weighted by Crippen LogP contribution is -1.98. The quantitative estimate of drug-likeness (QED) is 0.191. The van der Waals surface area contributed by atoms with E-state index in [9.17, 15) is 0 Å². The Bertz CT molecular complexity index is 2420. The molecule has 212 valence electrons. The zero-order chi connectivity index (χ0) is 29.7. The molecule has 2 aromatic heterocycles. The average molecular weight is 575 g/mol. The van der Waals surface area contributed by atoms with E-state index in [4.69, 9.17) is 4.98 Å². The van der Waals surface area contributed by atoms with Crippen LogP contribution >= 0.6 is 0 Å². The van der Waals surface area contributed by atoms with E-state index in [1.54, 1.807) is 0 Å². The molecule has 8 aromatic rings. The number of allylic oxidation sites excluding steroid dienone is 4. The first-order valence-corrected chi connectivity index (χ1v) is 15.7. The van der Waals surface area contributed by atoms with Crippen LogP contribution in [-0.2, 0) is 0 Å². The predicted molar refractivity (Wildman–Crippen MR) is 190 cm³/mol. The van der Waals surface area contributed by atoms with Crippen LogP contribution in [0.1, 0.15) is 24.1 Å². The van der Waals surface area contributed by atoms with Crippen LogP contribution in [0.25, 0.3) is 71.4 Å². The zero-order valence-corrected chi connectivity index (χ0v) is 24.8. The normalized spacial score (nSPS) is 13.4. The standard InChI is InChI=1S/C43H30N2/c1-2-10-29(11-3-1)34-24-25-45-28-40(44-41(45)27-34)31-19-21-32(22-20-31)42-36-14-6-8-16-38(36)43(39-17-9-7-15-37(39)42)35-23-18-30-12-4-5-13-33(30)26-35/h1-19,21,23-28H,20,22H2. The Morgan fingerprint density at radius 2 is 1.09 bits per heavy atom. The lowest BCUT2D eigenvalue weighted by atomic mass is 9.83. The minimum Gasteiger partial charge on any atom is -0.306 e. The number of aromatic nitrogens is 2. The van der Waals surface area contributed by atoms with Crippen LogP contribution < -0.4 is 0 Å². The van der Waals surface area contributed by atoms with Gasteiger partial charge in [-0.15, -0.1) is 0 Å². The second-order valence-corrected chi connectivity index (χ2v) is 12.0. The molecule has 6 aromatic carbocycles. The molecule has 0 radical (unpaired) electrons. The van der Waals surface area contributed by atoms with Crippen molar-refractivity contribution in [3.05, 3.63) is 169 Å². The molecule has 0 N–H and O–H groups in total. The zero-order valence-electron chi connectivity index (χ0n) is 24.8. The van der Waals surface area contributed by atoms with Crippen molar-refractivity contribution < 1.29 is 0 Å². The van der Waals surface area contributed by atoms with Crippen molar-refractivity contribution in [1.29, 1.82) is 0 Å². The van der Waals surface area contributed by atoms with Gasteiger partial charge in [0.05, 0.1) is 5.69 Å². The predicted octanol–water partition coefficient (Wildman–Crippen LogP) is 11.4. The van der Waals surface area contributed by atoms with Crippen LogP contribution in [0.4, 0.5) is 0 Å². The van der Waals surface area contributed by atoms with Crippen LogP contribution in [0, 0.1) is 0 Å². The summed E-state index contributed by atoms with van der Waals surface area (Å²) >= 11 is 0. The van der Waals surface area contributed by atoms with Gasteiger partial charge in [-0.1, -0.05) is 127 Å². The first-order valence-electron chi connectivity index (χ1n) is 15.7. The summed E-state index contributed by atoms with van der Waals surface area (Å²) in [5.74, 6) is 0. The Morgan fingerprint density at radius 1 is 0.467 bits per heavy atom. The second-order valence-electron chi connectivity index (χ2n) is 12.0. The van der Waals surface area contributed by atoms with Gasteiger partial charge in [0.15, 0.2) is 0 Å². The monoisotopic (exact) mass is 574 g/mol. The molecule has 1 aliphatic carbocycles. The average Bonchev–Trinajstić information content (AvgIpc) is 3.54. The van der Waals surface area contributed by atoms with Crippen LogP contribution in [0.3, 0.4) is 0 Å². The van der Waals surface area contributed by atoms with Gasteiger partial charge >= 0.3 is 0 Å². The van der Waals surface area contributed by atoms with Gasteiger partial charge in [-0.3, -0.25) is 0 Å². The van der Waals surface area contributed by atoms with Crippen molar-refractivity contribution in [3.63, 3.8) is 0 Å². The Balaban J connectivity index is 1.16. The third kappa shape index (κ3) is 4.38. The number of hydrogen-bond acceptors (Lipinski definition) is 1. The molecule has 2 heteroatoms. The molecule has 0 atom stereocenters.